The first kappa shape index (κ1) is 10.3. The summed E-state index contributed by atoms with van der Waals surface area (Å²) in [6.45, 7) is 0. The number of ether oxygens (including phenoxy) is 1. The maximum atomic E-state index is 5.38. The van der Waals surface area contributed by atoms with Crippen molar-refractivity contribution in [2.45, 2.75) is 0 Å². The maximum absolute atomic E-state index is 5.38. The highest BCUT2D eigenvalue weighted by Gasteiger charge is 2.11. The van der Waals surface area contributed by atoms with Crippen molar-refractivity contribution in [1.29, 1.82) is 0 Å². The van der Waals surface area contributed by atoms with E-state index < -0.39 is 0 Å². The third kappa shape index (κ3) is 1.68. The van der Waals surface area contributed by atoms with Crippen LogP contribution in [0.25, 0.3) is 21.3 Å². The number of hydrogen-bond donors (Lipinski definition) is 0. The molecule has 0 unspecified atom stereocenters. The zero-order chi connectivity index (χ0) is 11.7. The van der Waals surface area contributed by atoms with E-state index in [9.17, 15) is 0 Å². The third-order valence-corrected chi connectivity index (χ3v) is 3.57. The molecule has 0 saturated heterocycles. The minimum absolute atomic E-state index is 0.864. The number of fused-ring (bicyclic) bond motifs is 1. The zero-order valence-electron chi connectivity index (χ0n) is 9.38. The van der Waals surface area contributed by atoms with Gasteiger partial charge in [-0.05, 0) is 29.7 Å². The Balaban J connectivity index is 2.27. The van der Waals surface area contributed by atoms with Crippen LogP contribution in [0.15, 0.2) is 48.5 Å². The Morgan fingerprint density at radius 2 is 1.76 bits per heavy atom. The van der Waals surface area contributed by atoms with E-state index in [2.05, 4.69) is 16.5 Å². The van der Waals surface area contributed by atoms with Crippen LogP contribution in [0.1, 0.15) is 0 Å². The van der Waals surface area contributed by atoms with Crippen molar-refractivity contribution in [3.8, 4) is 17.0 Å². The van der Waals surface area contributed by atoms with Gasteiger partial charge in [0.2, 0.25) is 0 Å². The molecule has 0 aliphatic heterocycles. The number of aromatic nitrogens is 1. The van der Waals surface area contributed by atoms with Gasteiger partial charge < -0.3 is 4.74 Å². The average molecular weight is 241 g/mol. The number of methoxy groups -OCH3 is 1. The van der Waals surface area contributed by atoms with Gasteiger partial charge >= 0.3 is 0 Å². The molecule has 1 heterocycles. The molecular formula is C14H11NOS. The Bertz CT molecular complexity index is 660. The molecule has 84 valence electrons. The van der Waals surface area contributed by atoms with Gasteiger partial charge in [0.25, 0.3) is 0 Å². The monoisotopic (exact) mass is 241 g/mol. The SMILES string of the molecule is COc1ccccc1-c1nsc2ccccc12. The molecule has 3 rings (SSSR count). The highest BCUT2D eigenvalue weighted by Crippen LogP contribution is 2.35. The Morgan fingerprint density at radius 3 is 2.65 bits per heavy atom. The second-order valence-corrected chi connectivity index (χ2v) is 4.53. The first-order chi connectivity index (χ1) is 8.40. The molecule has 0 fully saturated rings. The predicted octanol–water partition coefficient (Wildman–Crippen LogP) is 3.97. The summed E-state index contributed by atoms with van der Waals surface area (Å²) in [4.78, 5) is 0. The van der Waals surface area contributed by atoms with Gasteiger partial charge in [-0.25, -0.2) is 0 Å². The van der Waals surface area contributed by atoms with E-state index >= 15 is 0 Å². The van der Waals surface area contributed by atoms with Crippen LogP contribution in [0.2, 0.25) is 0 Å². The fraction of sp³-hybridized carbons (Fsp3) is 0.0714. The lowest BCUT2D eigenvalue weighted by atomic mass is 10.1. The van der Waals surface area contributed by atoms with Crippen LogP contribution in [-0.4, -0.2) is 11.5 Å². The molecule has 0 aliphatic carbocycles. The van der Waals surface area contributed by atoms with Crippen molar-refractivity contribution >= 4 is 21.6 Å². The zero-order valence-corrected chi connectivity index (χ0v) is 10.2. The number of nitrogens with zero attached hydrogens (tertiary/aromatic N) is 1. The molecule has 3 aromatic rings. The average Bonchev–Trinajstić information content (AvgIpc) is 2.82. The van der Waals surface area contributed by atoms with Crippen LogP contribution in [-0.2, 0) is 0 Å². The van der Waals surface area contributed by atoms with E-state index in [1.807, 2.05) is 36.4 Å². The Hall–Kier alpha value is -1.87. The summed E-state index contributed by atoms with van der Waals surface area (Å²) in [5.41, 5.74) is 2.05. The smallest absolute Gasteiger partial charge is 0.128 e. The number of benzene rings is 2. The lowest BCUT2D eigenvalue weighted by Gasteiger charge is -2.05. The number of para-hydroxylation sites is 1. The summed E-state index contributed by atoms with van der Waals surface area (Å²) < 4.78 is 11.1. The molecule has 0 radical (unpaired) electrons. The van der Waals surface area contributed by atoms with E-state index in [-0.39, 0.29) is 0 Å². The van der Waals surface area contributed by atoms with Gasteiger partial charge in [0.05, 0.1) is 17.5 Å². The normalized spacial score (nSPS) is 10.6. The van der Waals surface area contributed by atoms with Crippen molar-refractivity contribution in [1.82, 2.24) is 4.37 Å². The summed E-state index contributed by atoms with van der Waals surface area (Å²) in [7, 11) is 1.69. The van der Waals surface area contributed by atoms with Gasteiger partial charge in [0.1, 0.15) is 5.75 Å². The minimum Gasteiger partial charge on any atom is -0.496 e. The van der Waals surface area contributed by atoms with E-state index in [0.29, 0.717) is 0 Å². The fourth-order valence-corrected chi connectivity index (χ4v) is 2.71. The molecule has 17 heavy (non-hydrogen) atoms. The lowest BCUT2D eigenvalue weighted by molar-refractivity contribution is 0.416. The van der Waals surface area contributed by atoms with Gasteiger partial charge in [-0.2, -0.15) is 4.37 Å². The van der Waals surface area contributed by atoms with Crippen molar-refractivity contribution in [2.75, 3.05) is 7.11 Å². The first-order valence-corrected chi connectivity index (χ1v) is 6.15. The van der Waals surface area contributed by atoms with Crippen LogP contribution in [0.4, 0.5) is 0 Å². The predicted molar refractivity (Wildman–Crippen MR) is 71.6 cm³/mol. The van der Waals surface area contributed by atoms with Gasteiger partial charge in [-0.1, -0.05) is 30.3 Å². The van der Waals surface area contributed by atoms with Gasteiger partial charge in [0.15, 0.2) is 0 Å². The van der Waals surface area contributed by atoms with Crippen LogP contribution in [0.3, 0.4) is 0 Å². The highest BCUT2D eigenvalue weighted by atomic mass is 32.1. The van der Waals surface area contributed by atoms with Crippen molar-refractivity contribution in [3.63, 3.8) is 0 Å². The fourth-order valence-electron chi connectivity index (χ4n) is 1.92. The van der Waals surface area contributed by atoms with Crippen LogP contribution >= 0.6 is 11.5 Å². The van der Waals surface area contributed by atoms with Crippen molar-refractivity contribution < 1.29 is 4.74 Å². The summed E-state index contributed by atoms with van der Waals surface area (Å²) in [5, 5.41) is 1.18. The molecule has 0 N–H and O–H groups in total. The van der Waals surface area contributed by atoms with Crippen LogP contribution < -0.4 is 4.74 Å². The molecular weight excluding hydrogens is 230 g/mol. The second kappa shape index (κ2) is 4.18. The van der Waals surface area contributed by atoms with Crippen molar-refractivity contribution in [3.05, 3.63) is 48.5 Å². The summed E-state index contributed by atoms with van der Waals surface area (Å²) in [5.74, 6) is 0.864. The molecule has 0 saturated carbocycles. The highest BCUT2D eigenvalue weighted by molar-refractivity contribution is 7.13. The van der Waals surface area contributed by atoms with Gasteiger partial charge in [-0.3, -0.25) is 0 Å². The first-order valence-electron chi connectivity index (χ1n) is 5.38. The lowest BCUT2D eigenvalue weighted by Crippen LogP contribution is -1.87. The Morgan fingerprint density at radius 1 is 1.00 bits per heavy atom. The summed E-state index contributed by atoms with van der Waals surface area (Å²) >= 11 is 1.52. The molecule has 0 spiro atoms. The molecule has 0 bridgehead atoms. The number of hydrogen-bond acceptors (Lipinski definition) is 3. The summed E-state index contributed by atoms with van der Waals surface area (Å²) in [6.07, 6.45) is 0. The van der Waals surface area contributed by atoms with E-state index in [1.165, 1.54) is 21.6 Å². The topological polar surface area (TPSA) is 22.1 Å². The van der Waals surface area contributed by atoms with E-state index in [1.54, 1.807) is 7.11 Å². The minimum atomic E-state index is 0.864. The number of rotatable bonds is 2. The molecule has 2 aromatic carbocycles. The van der Waals surface area contributed by atoms with Gasteiger partial charge in [-0.15, -0.1) is 0 Å². The Kier molecular flexibility index (Phi) is 2.53. The van der Waals surface area contributed by atoms with E-state index in [4.69, 9.17) is 4.74 Å². The second-order valence-electron chi connectivity index (χ2n) is 3.73. The third-order valence-electron chi connectivity index (χ3n) is 2.74. The van der Waals surface area contributed by atoms with Crippen LogP contribution in [0, 0.1) is 0 Å². The Labute approximate surface area is 104 Å². The summed E-state index contributed by atoms with van der Waals surface area (Å²) in [6, 6.07) is 16.2. The quantitative estimate of drug-likeness (QED) is 0.677. The molecule has 0 atom stereocenters. The molecule has 1 aromatic heterocycles. The molecule has 3 heteroatoms. The van der Waals surface area contributed by atoms with Gasteiger partial charge in [0, 0.05) is 10.9 Å². The molecule has 2 nitrogen and oxygen atoms in total. The standard InChI is InChI=1S/C14H11NOS/c1-16-12-8-4-2-6-10(12)14-11-7-3-5-9-13(11)17-15-14/h2-9H,1H3. The molecule has 0 aliphatic rings. The molecule has 0 amide bonds. The van der Waals surface area contributed by atoms with Crippen molar-refractivity contribution in [2.24, 2.45) is 0 Å². The largest absolute Gasteiger partial charge is 0.496 e. The maximum Gasteiger partial charge on any atom is 0.128 e. The van der Waals surface area contributed by atoms with Crippen LogP contribution in [0.5, 0.6) is 5.75 Å². The van der Waals surface area contributed by atoms with E-state index in [0.717, 1.165) is 17.0 Å².